The highest BCUT2D eigenvalue weighted by atomic mass is 35.5. The summed E-state index contributed by atoms with van der Waals surface area (Å²) in [7, 11) is 0. The van der Waals surface area contributed by atoms with Gasteiger partial charge >= 0.3 is 5.97 Å². The number of carbonyl (C=O) groups is 2. The summed E-state index contributed by atoms with van der Waals surface area (Å²) in [6.45, 7) is 3.53. The monoisotopic (exact) mass is 270 g/mol. The van der Waals surface area contributed by atoms with E-state index in [0.29, 0.717) is 5.69 Å². The van der Waals surface area contributed by atoms with Gasteiger partial charge in [0.15, 0.2) is 0 Å². The summed E-state index contributed by atoms with van der Waals surface area (Å²) < 4.78 is 0. The predicted molar refractivity (Wildman–Crippen MR) is 69.9 cm³/mol. The maximum atomic E-state index is 11.3. The van der Waals surface area contributed by atoms with Gasteiger partial charge in [0, 0.05) is 5.69 Å². The average Bonchev–Trinajstić information content (AvgIpc) is 2.24. The van der Waals surface area contributed by atoms with Crippen LogP contribution < -0.4 is 11.1 Å². The second kappa shape index (κ2) is 5.73. The first kappa shape index (κ1) is 14.3. The van der Waals surface area contributed by atoms with Crippen molar-refractivity contribution in [3.05, 3.63) is 28.8 Å². The smallest absolute Gasteiger partial charge is 0.326 e. The Labute approximate surface area is 110 Å². The average molecular weight is 271 g/mol. The van der Waals surface area contributed by atoms with Gasteiger partial charge in [0.1, 0.15) is 6.04 Å². The number of rotatable bonds is 5. The van der Waals surface area contributed by atoms with Gasteiger partial charge in [-0.25, -0.2) is 4.79 Å². The molecule has 0 aliphatic rings. The predicted octanol–water partition coefficient (Wildman–Crippen LogP) is 1.96. The molecule has 6 heteroatoms. The number of anilines is 1. The van der Waals surface area contributed by atoms with Gasteiger partial charge in [-0.05, 0) is 18.1 Å². The van der Waals surface area contributed by atoms with Crippen LogP contribution in [0.5, 0.6) is 0 Å². The van der Waals surface area contributed by atoms with Crippen LogP contribution in [0.3, 0.4) is 0 Å². The Morgan fingerprint density at radius 1 is 1.39 bits per heavy atom. The second-order valence-corrected chi connectivity index (χ2v) is 4.64. The Morgan fingerprint density at radius 3 is 2.44 bits per heavy atom. The number of halogens is 1. The van der Waals surface area contributed by atoms with Crippen molar-refractivity contribution in [2.45, 2.75) is 19.9 Å². The first-order chi connectivity index (χ1) is 8.34. The number of hydrogen-bond donors (Lipinski definition) is 3. The molecule has 0 saturated carbocycles. The summed E-state index contributed by atoms with van der Waals surface area (Å²) in [5.41, 5.74) is 5.67. The number of carboxylic acid groups (broad SMARTS) is 1. The first-order valence-electron chi connectivity index (χ1n) is 5.42. The molecule has 0 radical (unpaired) electrons. The van der Waals surface area contributed by atoms with E-state index in [2.05, 4.69) is 5.32 Å². The molecule has 0 saturated heterocycles. The maximum Gasteiger partial charge on any atom is 0.326 e. The molecule has 1 amide bonds. The number of benzene rings is 1. The van der Waals surface area contributed by atoms with Crippen LogP contribution in [0.1, 0.15) is 24.2 Å². The van der Waals surface area contributed by atoms with Gasteiger partial charge in [-0.2, -0.15) is 0 Å². The molecular formula is C12H15ClN2O3. The van der Waals surface area contributed by atoms with Crippen LogP contribution in [0.2, 0.25) is 5.02 Å². The highest BCUT2D eigenvalue weighted by molar-refractivity contribution is 6.34. The van der Waals surface area contributed by atoms with Crippen molar-refractivity contribution in [3.8, 4) is 0 Å². The molecule has 1 rings (SSSR count). The topological polar surface area (TPSA) is 92.4 Å². The minimum atomic E-state index is -1.000. The molecule has 1 unspecified atom stereocenters. The molecule has 5 nitrogen and oxygen atoms in total. The Kier molecular flexibility index (Phi) is 4.55. The largest absolute Gasteiger partial charge is 0.480 e. The molecule has 0 spiro atoms. The summed E-state index contributed by atoms with van der Waals surface area (Å²) in [5.74, 6) is -1.85. The number of amides is 1. The molecule has 0 fully saturated rings. The standard InChI is InChI=1S/C12H15ClN2O3/c1-6(2)10(12(17)18)15-8-5-3-4-7(13)9(8)11(14)16/h3-6,10,15H,1-2H3,(H2,14,16)(H,17,18). The fourth-order valence-corrected chi connectivity index (χ4v) is 1.84. The Bertz CT molecular complexity index is 474. The van der Waals surface area contributed by atoms with Crippen molar-refractivity contribution in [2.24, 2.45) is 11.7 Å². The van der Waals surface area contributed by atoms with Gasteiger partial charge in [0.05, 0.1) is 10.6 Å². The summed E-state index contributed by atoms with van der Waals surface area (Å²) in [6, 6.07) is 3.90. The van der Waals surface area contributed by atoms with Crippen LogP contribution in [0, 0.1) is 5.92 Å². The number of nitrogens with one attached hydrogen (secondary N) is 1. The minimum Gasteiger partial charge on any atom is -0.480 e. The van der Waals surface area contributed by atoms with E-state index in [-0.39, 0.29) is 16.5 Å². The molecule has 0 heterocycles. The van der Waals surface area contributed by atoms with Crippen molar-refractivity contribution in [3.63, 3.8) is 0 Å². The zero-order valence-electron chi connectivity index (χ0n) is 10.1. The van der Waals surface area contributed by atoms with Crippen molar-refractivity contribution in [1.82, 2.24) is 0 Å². The highest BCUT2D eigenvalue weighted by Gasteiger charge is 2.23. The van der Waals surface area contributed by atoms with Crippen LogP contribution >= 0.6 is 11.6 Å². The van der Waals surface area contributed by atoms with Crippen molar-refractivity contribution >= 4 is 29.2 Å². The number of hydrogen-bond acceptors (Lipinski definition) is 3. The lowest BCUT2D eigenvalue weighted by atomic mass is 10.0. The fraction of sp³-hybridized carbons (Fsp3) is 0.333. The van der Waals surface area contributed by atoms with E-state index in [1.807, 2.05) is 0 Å². The van der Waals surface area contributed by atoms with Crippen LogP contribution in [-0.2, 0) is 4.79 Å². The normalized spacial score (nSPS) is 12.2. The van der Waals surface area contributed by atoms with Gasteiger partial charge in [0.2, 0.25) is 0 Å². The molecule has 1 aromatic rings. The summed E-state index contributed by atoms with van der Waals surface area (Å²) >= 11 is 5.88. The van der Waals surface area contributed by atoms with E-state index in [1.54, 1.807) is 26.0 Å². The van der Waals surface area contributed by atoms with E-state index in [0.717, 1.165) is 0 Å². The molecule has 0 bridgehead atoms. The maximum absolute atomic E-state index is 11.3. The third kappa shape index (κ3) is 3.13. The van der Waals surface area contributed by atoms with Crippen molar-refractivity contribution in [2.75, 3.05) is 5.32 Å². The van der Waals surface area contributed by atoms with Gasteiger partial charge in [-0.1, -0.05) is 31.5 Å². The zero-order chi connectivity index (χ0) is 13.9. The number of primary amides is 1. The first-order valence-corrected chi connectivity index (χ1v) is 5.80. The third-order valence-corrected chi connectivity index (χ3v) is 2.82. The van der Waals surface area contributed by atoms with Crippen LogP contribution in [0.4, 0.5) is 5.69 Å². The molecule has 4 N–H and O–H groups in total. The van der Waals surface area contributed by atoms with E-state index in [1.165, 1.54) is 6.07 Å². The Morgan fingerprint density at radius 2 is 2.00 bits per heavy atom. The lowest BCUT2D eigenvalue weighted by Gasteiger charge is -2.20. The van der Waals surface area contributed by atoms with Crippen LogP contribution in [0.25, 0.3) is 0 Å². The Balaban J connectivity index is 3.14. The van der Waals surface area contributed by atoms with Gasteiger partial charge in [0.25, 0.3) is 5.91 Å². The zero-order valence-corrected chi connectivity index (χ0v) is 10.9. The van der Waals surface area contributed by atoms with Gasteiger partial charge in [-0.3, -0.25) is 4.79 Å². The lowest BCUT2D eigenvalue weighted by molar-refractivity contribution is -0.138. The lowest BCUT2D eigenvalue weighted by Crippen LogP contribution is -2.35. The van der Waals surface area contributed by atoms with Gasteiger partial charge in [-0.15, -0.1) is 0 Å². The van der Waals surface area contributed by atoms with Crippen LogP contribution in [0.15, 0.2) is 18.2 Å². The molecule has 18 heavy (non-hydrogen) atoms. The summed E-state index contributed by atoms with van der Waals surface area (Å²) in [6.07, 6.45) is 0. The molecule has 1 atom stereocenters. The fourth-order valence-electron chi connectivity index (χ4n) is 1.58. The SMILES string of the molecule is CC(C)C(Nc1cccc(Cl)c1C(N)=O)C(=O)O. The quantitative estimate of drug-likeness (QED) is 0.762. The van der Waals surface area contributed by atoms with E-state index < -0.39 is 17.9 Å². The minimum absolute atomic E-state index is 0.103. The van der Waals surface area contributed by atoms with E-state index in [9.17, 15) is 9.59 Å². The highest BCUT2D eigenvalue weighted by Crippen LogP contribution is 2.25. The number of carboxylic acids is 1. The molecule has 0 aliphatic heterocycles. The summed E-state index contributed by atoms with van der Waals surface area (Å²) in [4.78, 5) is 22.4. The number of carbonyl (C=O) groups excluding carboxylic acids is 1. The third-order valence-electron chi connectivity index (χ3n) is 2.50. The van der Waals surface area contributed by atoms with E-state index in [4.69, 9.17) is 22.4 Å². The molecule has 98 valence electrons. The number of nitrogens with two attached hydrogens (primary N) is 1. The van der Waals surface area contributed by atoms with Crippen molar-refractivity contribution in [1.29, 1.82) is 0 Å². The van der Waals surface area contributed by atoms with Crippen molar-refractivity contribution < 1.29 is 14.7 Å². The second-order valence-electron chi connectivity index (χ2n) is 4.23. The molecule has 0 aliphatic carbocycles. The molecule has 0 aromatic heterocycles. The summed E-state index contributed by atoms with van der Waals surface area (Å²) in [5, 5.41) is 12.1. The number of aliphatic carboxylic acids is 1. The Hall–Kier alpha value is -1.75. The molecular weight excluding hydrogens is 256 g/mol. The van der Waals surface area contributed by atoms with Crippen LogP contribution in [-0.4, -0.2) is 23.0 Å². The molecule has 1 aromatic carbocycles. The van der Waals surface area contributed by atoms with E-state index >= 15 is 0 Å². The van der Waals surface area contributed by atoms with Gasteiger partial charge < -0.3 is 16.2 Å².